The van der Waals surface area contributed by atoms with Gasteiger partial charge < -0.3 is 19.7 Å². The first-order chi connectivity index (χ1) is 16.5. The predicted molar refractivity (Wildman–Crippen MR) is 140 cm³/mol. The molecule has 1 atom stereocenters. The molecule has 0 amide bonds. The molecular formula is C28H32ClN3O3. The fourth-order valence-electron chi connectivity index (χ4n) is 4.69. The van der Waals surface area contributed by atoms with Crippen molar-refractivity contribution < 1.29 is 14.6 Å². The average molecular weight is 494 g/mol. The van der Waals surface area contributed by atoms with E-state index in [1.807, 2.05) is 58.2 Å². The van der Waals surface area contributed by atoms with Crippen molar-refractivity contribution in [3.8, 4) is 5.75 Å². The van der Waals surface area contributed by atoms with Crippen molar-refractivity contribution in [2.24, 2.45) is 0 Å². The normalized spacial score (nSPS) is 15.6. The number of rotatable bonds is 6. The van der Waals surface area contributed by atoms with E-state index in [1.54, 1.807) is 6.20 Å². The van der Waals surface area contributed by atoms with Gasteiger partial charge in [-0.15, -0.1) is 0 Å². The number of hydrogen-bond acceptors (Lipinski definition) is 4. The van der Waals surface area contributed by atoms with Crippen LogP contribution in [0.25, 0.3) is 5.57 Å². The summed E-state index contributed by atoms with van der Waals surface area (Å²) in [7, 11) is 0. The number of nitrogens with one attached hydrogen (secondary N) is 1. The first-order valence-corrected chi connectivity index (χ1v) is 12.1. The Bertz CT molecular complexity index is 1300. The van der Waals surface area contributed by atoms with Gasteiger partial charge in [-0.3, -0.25) is 9.78 Å². The zero-order valence-corrected chi connectivity index (χ0v) is 21.8. The number of halogens is 1. The second-order valence-electron chi connectivity index (χ2n) is 10.1. The topological polar surface area (TPSA) is 76.4 Å². The van der Waals surface area contributed by atoms with Crippen LogP contribution in [0, 0.1) is 13.8 Å². The lowest BCUT2D eigenvalue weighted by atomic mass is 9.84. The standard InChI is InChI=1S/C28H32ClN3O3/c1-16-18(3)32(15-19-8-7-11-30-14-19)27-25(16)26(22(13-24(33)34)17(2)31-27)21-10-9-20(29)12-23(21)35-28(4,5)6/h7-12,14,17,31H,13,15H2,1-6H3,(H,33,34). The van der Waals surface area contributed by atoms with Gasteiger partial charge in [0.1, 0.15) is 17.2 Å². The SMILES string of the molecule is Cc1c2c(n(Cc3cccnc3)c1C)NC(C)C(CC(=O)O)=C2c1ccc(Cl)cc1OC(C)(C)C. The highest BCUT2D eigenvalue weighted by Crippen LogP contribution is 2.47. The molecule has 0 fully saturated rings. The molecular weight excluding hydrogens is 462 g/mol. The van der Waals surface area contributed by atoms with Gasteiger partial charge in [0.2, 0.25) is 0 Å². The summed E-state index contributed by atoms with van der Waals surface area (Å²) >= 11 is 6.37. The monoisotopic (exact) mass is 493 g/mol. The molecule has 0 radical (unpaired) electrons. The second-order valence-corrected chi connectivity index (χ2v) is 10.5. The molecule has 0 saturated carbocycles. The quantitative estimate of drug-likeness (QED) is 0.411. The number of hydrogen-bond donors (Lipinski definition) is 2. The molecule has 1 aliphatic heterocycles. The summed E-state index contributed by atoms with van der Waals surface area (Å²) in [6.07, 6.45) is 3.56. The number of benzene rings is 1. The van der Waals surface area contributed by atoms with Crippen LogP contribution in [-0.4, -0.2) is 32.3 Å². The van der Waals surface area contributed by atoms with Crippen molar-refractivity contribution in [3.63, 3.8) is 0 Å². The maximum atomic E-state index is 11.9. The predicted octanol–water partition coefficient (Wildman–Crippen LogP) is 6.47. The summed E-state index contributed by atoms with van der Waals surface area (Å²) in [6.45, 7) is 12.8. The number of pyridine rings is 1. The number of carbonyl (C=O) groups is 1. The first-order valence-electron chi connectivity index (χ1n) is 11.8. The van der Waals surface area contributed by atoms with Crippen LogP contribution >= 0.6 is 11.6 Å². The maximum absolute atomic E-state index is 11.9. The molecule has 2 N–H and O–H groups in total. The zero-order chi connectivity index (χ0) is 25.5. The molecule has 1 aromatic carbocycles. The highest BCUT2D eigenvalue weighted by atomic mass is 35.5. The van der Waals surface area contributed by atoms with Gasteiger partial charge in [0, 0.05) is 40.3 Å². The number of carboxylic acid groups (broad SMARTS) is 1. The lowest BCUT2D eigenvalue weighted by molar-refractivity contribution is -0.136. The minimum absolute atomic E-state index is 0.0766. The van der Waals surface area contributed by atoms with Gasteiger partial charge in [-0.2, -0.15) is 0 Å². The van der Waals surface area contributed by atoms with Crippen LogP contribution in [0.5, 0.6) is 5.75 Å². The fourth-order valence-corrected chi connectivity index (χ4v) is 4.85. The summed E-state index contributed by atoms with van der Waals surface area (Å²) in [5.74, 6) is 0.739. The molecule has 4 rings (SSSR count). The van der Waals surface area contributed by atoms with Crippen LogP contribution in [0.15, 0.2) is 48.3 Å². The van der Waals surface area contributed by atoms with Crippen LogP contribution in [0.2, 0.25) is 5.02 Å². The average Bonchev–Trinajstić information content (AvgIpc) is 2.99. The highest BCUT2D eigenvalue weighted by Gasteiger charge is 2.33. The van der Waals surface area contributed by atoms with Crippen molar-refractivity contribution in [2.45, 2.75) is 66.2 Å². The molecule has 3 heterocycles. The minimum Gasteiger partial charge on any atom is -0.487 e. The van der Waals surface area contributed by atoms with Crippen LogP contribution in [0.4, 0.5) is 5.82 Å². The van der Waals surface area contributed by atoms with Crippen LogP contribution < -0.4 is 10.1 Å². The number of nitrogens with zero attached hydrogens (tertiary/aromatic N) is 2. The van der Waals surface area contributed by atoms with Gasteiger partial charge in [-0.05, 0) is 88.1 Å². The van der Waals surface area contributed by atoms with Gasteiger partial charge in [-0.1, -0.05) is 17.7 Å². The number of carboxylic acids is 1. The second kappa shape index (κ2) is 9.42. The van der Waals surface area contributed by atoms with E-state index in [2.05, 4.69) is 34.8 Å². The molecule has 0 saturated heterocycles. The molecule has 0 bridgehead atoms. The molecule has 1 aliphatic rings. The van der Waals surface area contributed by atoms with Crippen LogP contribution in [0.1, 0.15) is 62.1 Å². The number of ether oxygens (including phenoxy) is 1. The number of fused-ring (bicyclic) bond motifs is 1. The Balaban J connectivity index is 1.99. The first kappa shape index (κ1) is 24.9. The number of aliphatic carboxylic acids is 1. The van der Waals surface area contributed by atoms with E-state index < -0.39 is 11.6 Å². The Morgan fingerprint density at radius 3 is 2.63 bits per heavy atom. The molecule has 6 nitrogen and oxygen atoms in total. The van der Waals surface area contributed by atoms with E-state index in [0.29, 0.717) is 17.3 Å². The number of aromatic nitrogens is 2. The van der Waals surface area contributed by atoms with Crippen LogP contribution in [0.3, 0.4) is 0 Å². The van der Waals surface area contributed by atoms with Gasteiger partial charge in [0.25, 0.3) is 0 Å². The molecule has 35 heavy (non-hydrogen) atoms. The van der Waals surface area contributed by atoms with E-state index in [1.165, 1.54) is 0 Å². The van der Waals surface area contributed by atoms with Gasteiger partial charge in [0.15, 0.2) is 0 Å². The summed E-state index contributed by atoms with van der Waals surface area (Å²) in [6, 6.07) is 9.39. The lowest BCUT2D eigenvalue weighted by Gasteiger charge is -2.31. The molecule has 184 valence electrons. The van der Waals surface area contributed by atoms with E-state index in [-0.39, 0.29) is 12.5 Å². The summed E-state index contributed by atoms with van der Waals surface area (Å²) in [5.41, 5.74) is 6.40. The van der Waals surface area contributed by atoms with Gasteiger partial charge >= 0.3 is 5.97 Å². The van der Waals surface area contributed by atoms with Crippen LogP contribution in [-0.2, 0) is 11.3 Å². The smallest absolute Gasteiger partial charge is 0.307 e. The maximum Gasteiger partial charge on any atom is 0.307 e. The fraction of sp³-hybridized carbons (Fsp3) is 0.357. The van der Waals surface area contributed by atoms with E-state index in [0.717, 1.165) is 44.9 Å². The van der Waals surface area contributed by atoms with Gasteiger partial charge in [0.05, 0.1) is 13.0 Å². The van der Waals surface area contributed by atoms with E-state index in [9.17, 15) is 9.90 Å². The van der Waals surface area contributed by atoms with Crippen molar-refractivity contribution in [2.75, 3.05) is 5.32 Å². The van der Waals surface area contributed by atoms with Crippen molar-refractivity contribution >= 4 is 29.0 Å². The van der Waals surface area contributed by atoms with E-state index in [4.69, 9.17) is 16.3 Å². The Morgan fingerprint density at radius 2 is 2.00 bits per heavy atom. The molecule has 3 aromatic rings. The summed E-state index contributed by atoms with van der Waals surface area (Å²) in [4.78, 5) is 16.2. The Hall–Kier alpha value is -3.25. The van der Waals surface area contributed by atoms with E-state index >= 15 is 0 Å². The Labute approximate surface area is 211 Å². The molecule has 0 aliphatic carbocycles. The Morgan fingerprint density at radius 1 is 1.26 bits per heavy atom. The largest absolute Gasteiger partial charge is 0.487 e. The highest BCUT2D eigenvalue weighted by molar-refractivity contribution is 6.30. The molecule has 7 heteroatoms. The number of anilines is 1. The lowest BCUT2D eigenvalue weighted by Crippen LogP contribution is -2.28. The molecule has 0 spiro atoms. The zero-order valence-electron chi connectivity index (χ0n) is 21.1. The minimum atomic E-state index is -0.869. The molecule has 2 aromatic heterocycles. The third-order valence-corrected chi connectivity index (χ3v) is 6.55. The van der Waals surface area contributed by atoms with Gasteiger partial charge in [-0.25, -0.2) is 0 Å². The Kier molecular flexibility index (Phi) is 6.69. The third kappa shape index (κ3) is 5.08. The van der Waals surface area contributed by atoms with Crippen molar-refractivity contribution in [1.29, 1.82) is 0 Å². The summed E-state index contributed by atoms with van der Waals surface area (Å²) in [5, 5.41) is 14.0. The molecule has 1 unspecified atom stereocenters. The van der Waals surface area contributed by atoms with Crippen molar-refractivity contribution in [1.82, 2.24) is 9.55 Å². The van der Waals surface area contributed by atoms with Crippen molar-refractivity contribution in [3.05, 3.63) is 81.3 Å². The third-order valence-electron chi connectivity index (χ3n) is 6.31. The summed E-state index contributed by atoms with van der Waals surface area (Å²) < 4.78 is 8.59.